The highest BCUT2D eigenvalue weighted by molar-refractivity contribution is 7.80. The molecule has 2 aromatic rings. The first kappa shape index (κ1) is 12.4. The Bertz CT molecular complexity index is 523. The van der Waals surface area contributed by atoms with Crippen molar-refractivity contribution >= 4 is 45.8 Å². The van der Waals surface area contributed by atoms with Crippen molar-refractivity contribution in [3.63, 3.8) is 0 Å². The molecule has 5 heteroatoms. The van der Waals surface area contributed by atoms with Crippen molar-refractivity contribution in [2.24, 2.45) is 5.73 Å². The van der Waals surface area contributed by atoms with Crippen LogP contribution in [0.15, 0.2) is 35.7 Å². The lowest BCUT2D eigenvalue weighted by Crippen LogP contribution is -2.13. The molecule has 88 valence electrons. The summed E-state index contributed by atoms with van der Waals surface area (Å²) in [5, 5.41) is 6.01. The van der Waals surface area contributed by atoms with Gasteiger partial charge in [-0.05, 0) is 29.6 Å². The fourth-order valence-electron chi connectivity index (χ4n) is 1.47. The quantitative estimate of drug-likeness (QED) is 0.841. The van der Waals surface area contributed by atoms with Crippen LogP contribution in [-0.4, -0.2) is 4.99 Å². The third-order valence-electron chi connectivity index (χ3n) is 2.28. The minimum absolute atomic E-state index is 0.371. The highest BCUT2D eigenvalue weighted by Crippen LogP contribution is 2.22. The van der Waals surface area contributed by atoms with Crippen LogP contribution in [0.3, 0.4) is 0 Å². The standard InChI is InChI=1S/C12H11ClN2S2/c13-8-3-4-10(12(14)16)11(6-8)15-7-9-2-1-5-17-9/h1-6,15H,7H2,(H2,14,16). The van der Waals surface area contributed by atoms with E-state index in [4.69, 9.17) is 29.6 Å². The highest BCUT2D eigenvalue weighted by atomic mass is 35.5. The Morgan fingerprint density at radius 2 is 2.24 bits per heavy atom. The molecule has 0 aliphatic heterocycles. The summed E-state index contributed by atoms with van der Waals surface area (Å²) in [5.41, 5.74) is 7.36. The predicted molar refractivity (Wildman–Crippen MR) is 79.0 cm³/mol. The van der Waals surface area contributed by atoms with Crippen molar-refractivity contribution in [1.29, 1.82) is 0 Å². The van der Waals surface area contributed by atoms with Gasteiger partial charge >= 0.3 is 0 Å². The van der Waals surface area contributed by atoms with E-state index in [1.807, 2.05) is 23.6 Å². The second-order valence-electron chi connectivity index (χ2n) is 3.49. The largest absolute Gasteiger partial charge is 0.389 e. The van der Waals surface area contributed by atoms with Crippen LogP contribution >= 0.6 is 35.2 Å². The predicted octanol–water partition coefficient (Wildman–Crippen LogP) is 3.65. The molecule has 17 heavy (non-hydrogen) atoms. The van der Waals surface area contributed by atoms with Gasteiger partial charge in [0, 0.05) is 27.7 Å². The molecule has 1 aromatic carbocycles. The van der Waals surface area contributed by atoms with Crippen molar-refractivity contribution < 1.29 is 0 Å². The lowest BCUT2D eigenvalue weighted by molar-refractivity contribution is 1.19. The molecule has 3 N–H and O–H groups in total. The summed E-state index contributed by atoms with van der Waals surface area (Å²) in [7, 11) is 0. The van der Waals surface area contributed by atoms with Gasteiger partial charge in [-0.25, -0.2) is 0 Å². The van der Waals surface area contributed by atoms with Crippen molar-refractivity contribution in [1.82, 2.24) is 0 Å². The molecular formula is C12H11ClN2S2. The van der Waals surface area contributed by atoms with Gasteiger partial charge in [0.25, 0.3) is 0 Å². The lowest BCUT2D eigenvalue weighted by atomic mass is 10.1. The first-order valence-electron chi connectivity index (χ1n) is 5.02. The zero-order valence-corrected chi connectivity index (χ0v) is 11.3. The summed E-state index contributed by atoms with van der Waals surface area (Å²) < 4.78 is 0. The van der Waals surface area contributed by atoms with E-state index in [2.05, 4.69) is 11.4 Å². The molecule has 0 radical (unpaired) electrons. The molecule has 0 aliphatic rings. The van der Waals surface area contributed by atoms with Crippen molar-refractivity contribution in [2.45, 2.75) is 6.54 Å². The normalized spacial score (nSPS) is 10.2. The first-order chi connectivity index (χ1) is 8.16. The third-order valence-corrected chi connectivity index (χ3v) is 3.61. The zero-order valence-electron chi connectivity index (χ0n) is 8.94. The molecule has 0 unspecified atom stereocenters. The Morgan fingerprint density at radius 1 is 1.41 bits per heavy atom. The SMILES string of the molecule is NC(=S)c1ccc(Cl)cc1NCc1cccs1. The summed E-state index contributed by atoms with van der Waals surface area (Å²) in [4.78, 5) is 1.62. The number of hydrogen-bond donors (Lipinski definition) is 2. The fraction of sp³-hybridized carbons (Fsp3) is 0.0833. The van der Waals surface area contributed by atoms with Crippen LogP contribution in [0.2, 0.25) is 5.02 Å². The summed E-state index contributed by atoms with van der Waals surface area (Å²) >= 11 is 12.7. The number of nitrogens with two attached hydrogens (primary N) is 1. The van der Waals surface area contributed by atoms with E-state index in [1.165, 1.54) is 4.88 Å². The van der Waals surface area contributed by atoms with Crippen molar-refractivity contribution in [2.75, 3.05) is 5.32 Å². The smallest absolute Gasteiger partial charge is 0.106 e. The van der Waals surface area contributed by atoms with Crippen LogP contribution in [0.5, 0.6) is 0 Å². The maximum atomic E-state index is 5.96. The van der Waals surface area contributed by atoms with Crippen LogP contribution in [-0.2, 0) is 6.54 Å². The van der Waals surface area contributed by atoms with E-state index < -0.39 is 0 Å². The van der Waals surface area contributed by atoms with Gasteiger partial charge in [0.05, 0.1) is 0 Å². The Morgan fingerprint density at radius 3 is 2.88 bits per heavy atom. The van der Waals surface area contributed by atoms with E-state index in [0.29, 0.717) is 10.0 Å². The fourth-order valence-corrected chi connectivity index (χ4v) is 2.47. The molecule has 0 atom stereocenters. The number of benzene rings is 1. The van der Waals surface area contributed by atoms with Gasteiger partial charge in [-0.15, -0.1) is 11.3 Å². The van der Waals surface area contributed by atoms with Crippen LogP contribution in [0.4, 0.5) is 5.69 Å². The Labute approximate surface area is 114 Å². The minimum Gasteiger partial charge on any atom is -0.389 e. The number of halogens is 1. The maximum absolute atomic E-state index is 5.96. The molecule has 0 aliphatic carbocycles. The zero-order chi connectivity index (χ0) is 12.3. The summed E-state index contributed by atoms with van der Waals surface area (Å²) in [6, 6.07) is 9.55. The Balaban J connectivity index is 2.19. The number of thiocarbonyl (C=S) groups is 1. The molecule has 0 bridgehead atoms. The van der Waals surface area contributed by atoms with Gasteiger partial charge in [0.15, 0.2) is 0 Å². The Hall–Kier alpha value is -1.10. The molecule has 2 rings (SSSR count). The molecule has 0 saturated heterocycles. The number of hydrogen-bond acceptors (Lipinski definition) is 3. The first-order valence-corrected chi connectivity index (χ1v) is 6.69. The summed E-state index contributed by atoms with van der Waals surface area (Å²) in [6.45, 7) is 0.744. The van der Waals surface area contributed by atoms with E-state index in [0.717, 1.165) is 17.8 Å². The molecule has 0 saturated carbocycles. The number of nitrogens with one attached hydrogen (secondary N) is 1. The molecule has 1 aromatic heterocycles. The van der Waals surface area contributed by atoms with Gasteiger partial charge in [-0.2, -0.15) is 0 Å². The number of thiophene rings is 1. The molecule has 0 spiro atoms. The Kier molecular flexibility index (Phi) is 3.99. The summed E-state index contributed by atoms with van der Waals surface area (Å²) in [5.74, 6) is 0. The average molecular weight is 283 g/mol. The summed E-state index contributed by atoms with van der Waals surface area (Å²) in [6.07, 6.45) is 0. The van der Waals surface area contributed by atoms with Crippen LogP contribution in [0.1, 0.15) is 10.4 Å². The van der Waals surface area contributed by atoms with E-state index in [9.17, 15) is 0 Å². The van der Waals surface area contributed by atoms with Gasteiger partial charge < -0.3 is 11.1 Å². The highest BCUT2D eigenvalue weighted by Gasteiger charge is 2.06. The van der Waals surface area contributed by atoms with Gasteiger partial charge in [-0.1, -0.05) is 29.9 Å². The average Bonchev–Trinajstić information content (AvgIpc) is 2.78. The molecule has 0 amide bonds. The van der Waals surface area contributed by atoms with Crippen LogP contribution in [0.25, 0.3) is 0 Å². The second-order valence-corrected chi connectivity index (χ2v) is 5.40. The molecule has 0 fully saturated rings. The number of rotatable bonds is 4. The van der Waals surface area contributed by atoms with E-state index in [-0.39, 0.29) is 0 Å². The molecular weight excluding hydrogens is 272 g/mol. The molecule has 2 nitrogen and oxygen atoms in total. The van der Waals surface area contributed by atoms with E-state index >= 15 is 0 Å². The van der Waals surface area contributed by atoms with Gasteiger partial charge in [0.2, 0.25) is 0 Å². The maximum Gasteiger partial charge on any atom is 0.106 e. The minimum atomic E-state index is 0.371. The lowest BCUT2D eigenvalue weighted by Gasteiger charge is -2.10. The molecule has 1 heterocycles. The van der Waals surface area contributed by atoms with Gasteiger partial charge in [0.1, 0.15) is 4.99 Å². The van der Waals surface area contributed by atoms with Crippen LogP contribution < -0.4 is 11.1 Å². The van der Waals surface area contributed by atoms with Crippen molar-refractivity contribution in [3.8, 4) is 0 Å². The number of anilines is 1. The van der Waals surface area contributed by atoms with Crippen LogP contribution in [0, 0.1) is 0 Å². The van der Waals surface area contributed by atoms with E-state index in [1.54, 1.807) is 17.4 Å². The third kappa shape index (κ3) is 3.19. The van der Waals surface area contributed by atoms with Crippen molar-refractivity contribution in [3.05, 3.63) is 51.2 Å². The monoisotopic (exact) mass is 282 g/mol. The second kappa shape index (κ2) is 5.49. The van der Waals surface area contributed by atoms with Gasteiger partial charge in [-0.3, -0.25) is 0 Å². The topological polar surface area (TPSA) is 38.0 Å².